The molecule has 1 aliphatic heterocycles. The van der Waals surface area contributed by atoms with Gasteiger partial charge in [-0.3, -0.25) is 9.59 Å². The molecule has 2 amide bonds. The van der Waals surface area contributed by atoms with Crippen LogP contribution in [0, 0.1) is 0 Å². The fraction of sp³-hybridized carbons (Fsp3) is 0.310. The summed E-state index contributed by atoms with van der Waals surface area (Å²) in [5.74, 6) is 1.28. The molecule has 0 aliphatic carbocycles. The van der Waals surface area contributed by atoms with Crippen molar-refractivity contribution in [3.63, 3.8) is 0 Å². The molecule has 3 aromatic rings. The Labute approximate surface area is 218 Å². The number of nitrogens with zero attached hydrogens (tertiary/aromatic N) is 2. The molecule has 0 bridgehead atoms. The minimum absolute atomic E-state index is 0.0194. The summed E-state index contributed by atoms with van der Waals surface area (Å²) in [6, 6.07) is 20.8. The van der Waals surface area contributed by atoms with E-state index >= 15 is 0 Å². The van der Waals surface area contributed by atoms with E-state index in [0.717, 1.165) is 29.8 Å². The van der Waals surface area contributed by atoms with Crippen LogP contribution < -0.4 is 20.1 Å². The first-order valence-electron chi connectivity index (χ1n) is 12.3. The number of fused-ring (bicyclic) bond motifs is 1. The van der Waals surface area contributed by atoms with Gasteiger partial charge in [-0.15, -0.1) is 0 Å². The second kappa shape index (κ2) is 11.8. The van der Waals surface area contributed by atoms with Crippen molar-refractivity contribution in [1.82, 2.24) is 9.80 Å². The molecule has 1 atom stereocenters. The Morgan fingerprint density at radius 3 is 2.54 bits per heavy atom. The molecule has 194 valence electrons. The number of ether oxygens (including phenoxy) is 2. The molecule has 0 radical (unpaired) electrons. The molecule has 8 nitrogen and oxygen atoms in total. The van der Waals surface area contributed by atoms with Crippen LogP contribution >= 0.6 is 0 Å². The largest absolute Gasteiger partial charge is 0.496 e. The summed E-state index contributed by atoms with van der Waals surface area (Å²) in [6.07, 6.45) is 0.547. The van der Waals surface area contributed by atoms with E-state index in [-0.39, 0.29) is 24.6 Å². The minimum Gasteiger partial charge on any atom is -0.496 e. The number of carbonyl (C=O) groups is 2. The molecule has 0 fully saturated rings. The Morgan fingerprint density at radius 1 is 1.08 bits per heavy atom. The predicted molar refractivity (Wildman–Crippen MR) is 145 cm³/mol. The Balaban J connectivity index is 1.57. The first-order chi connectivity index (χ1) is 17.9. The van der Waals surface area contributed by atoms with Crippen molar-refractivity contribution in [2.45, 2.75) is 26.1 Å². The summed E-state index contributed by atoms with van der Waals surface area (Å²) in [5, 5.41) is 6.31. The maximum atomic E-state index is 13.5. The molecule has 1 unspecified atom stereocenters. The second-order valence-corrected chi connectivity index (χ2v) is 9.31. The van der Waals surface area contributed by atoms with Crippen molar-refractivity contribution in [1.29, 1.82) is 0 Å². The van der Waals surface area contributed by atoms with Crippen LogP contribution in [0.1, 0.15) is 41.0 Å². The van der Waals surface area contributed by atoms with Crippen LogP contribution in [-0.4, -0.2) is 55.9 Å². The zero-order chi connectivity index (χ0) is 26.4. The van der Waals surface area contributed by atoms with E-state index in [0.29, 0.717) is 29.3 Å². The normalized spacial score (nSPS) is 14.7. The SMILES string of the molecule is COc1ccc(C2Nc3ccccc3C(=O)N2CCCN(C)C)cc1COc1ccc(NC(C)=O)cc1. The Hall–Kier alpha value is -4.04. The van der Waals surface area contributed by atoms with Crippen LogP contribution in [0.3, 0.4) is 0 Å². The van der Waals surface area contributed by atoms with Crippen molar-refractivity contribution >= 4 is 23.2 Å². The molecule has 1 heterocycles. The van der Waals surface area contributed by atoms with Gasteiger partial charge in [-0.1, -0.05) is 18.2 Å². The molecule has 2 N–H and O–H groups in total. The number of amides is 2. The molecule has 37 heavy (non-hydrogen) atoms. The van der Waals surface area contributed by atoms with Gasteiger partial charge in [0, 0.05) is 30.4 Å². The van der Waals surface area contributed by atoms with Crippen LogP contribution in [0.25, 0.3) is 0 Å². The van der Waals surface area contributed by atoms with E-state index in [9.17, 15) is 9.59 Å². The van der Waals surface area contributed by atoms with Crippen molar-refractivity contribution in [3.8, 4) is 11.5 Å². The van der Waals surface area contributed by atoms with Crippen LogP contribution in [0.2, 0.25) is 0 Å². The summed E-state index contributed by atoms with van der Waals surface area (Å²) >= 11 is 0. The molecule has 1 aliphatic rings. The summed E-state index contributed by atoms with van der Waals surface area (Å²) < 4.78 is 11.6. The van der Waals surface area contributed by atoms with Gasteiger partial charge in [0.05, 0.1) is 12.7 Å². The second-order valence-electron chi connectivity index (χ2n) is 9.31. The van der Waals surface area contributed by atoms with E-state index in [1.165, 1.54) is 6.92 Å². The first-order valence-corrected chi connectivity index (χ1v) is 12.3. The van der Waals surface area contributed by atoms with Crippen molar-refractivity contribution in [2.75, 3.05) is 44.9 Å². The predicted octanol–water partition coefficient (Wildman–Crippen LogP) is 4.75. The van der Waals surface area contributed by atoms with E-state index in [2.05, 4.69) is 15.5 Å². The number of hydrogen-bond acceptors (Lipinski definition) is 6. The number of para-hydroxylation sites is 1. The highest BCUT2D eigenvalue weighted by atomic mass is 16.5. The van der Waals surface area contributed by atoms with Crippen LogP contribution in [0.4, 0.5) is 11.4 Å². The monoisotopic (exact) mass is 502 g/mol. The maximum Gasteiger partial charge on any atom is 0.257 e. The van der Waals surface area contributed by atoms with Crippen LogP contribution in [0.5, 0.6) is 11.5 Å². The quantitative estimate of drug-likeness (QED) is 0.416. The number of nitrogens with one attached hydrogen (secondary N) is 2. The molecule has 0 aromatic heterocycles. The molecular formula is C29H34N4O4. The summed E-state index contributed by atoms with van der Waals surface area (Å²) in [5.41, 5.74) is 4.04. The molecule has 0 spiro atoms. The molecule has 3 aromatic carbocycles. The van der Waals surface area contributed by atoms with E-state index in [1.54, 1.807) is 19.2 Å². The van der Waals surface area contributed by atoms with Gasteiger partial charge < -0.3 is 29.9 Å². The third kappa shape index (κ3) is 6.40. The molecular weight excluding hydrogens is 468 g/mol. The maximum absolute atomic E-state index is 13.5. The lowest BCUT2D eigenvalue weighted by Gasteiger charge is -2.38. The highest BCUT2D eigenvalue weighted by molar-refractivity contribution is 6.01. The molecule has 0 saturated carbocycles. The smallest absolute Gasteiger partial charge is 0.257 e. The van der Waals surface area contributed by atoms with Gasteiger partial charge in [0.15, 0.2) is 0 Å². The highest BCUT2D eigenvalue weighted by Gasteiger charge is 2.32. The van der Waals surface area contributed by atoms with Gasteiger partial charge in [0.2, 0.25) is 5.91 Å². The van der Waals surface area contributed by atoms with Crippen LogP contribution in [0.15, 0.2) is 66.7 Å². The van der Waals surface area contributed by atoms with Crippen molar-refractivity contribution < 1.29 is 19.1 Å². The van der Waals surface area contributed by atoms with Crippen molar-refractivity contribution in [3.05, 3.63) is 83.4 Å². The zero-order valence-electron chi connectivity index (χ0n) is 21.8. The Kier molecular flexibility index (Phi) is 8.30. The fourth-order valence-electron chi connectivity index (χ4n) is 4.42. The Bertz CT molecular complexity index is 1240. The number of benzene rings is 3. The van der Waals surface area contributed by atoms with Gasteiger partial charge in [0.1, 0.15) is 24.3 Å². The number of rotatable bonds is 10. The van der Waals surface area contributed by atoms with E-state index in [4.69, 9.17) is 9.47 Å². The standard InChI is InChI=1S/C29H34N4O4/c1-20(34)30-23-11-13-24(14-12-23)37-19-22-18-21(10-15-27(22)36-4)28-31-26-9-6-5-8-25(26)29(35)33(28)17-7-16-32(2)3/h5-6,8-15,18,28,31H,7,16-17,19H2,1-4H3,(H,30,34). The molecule has 8 heteroatoms. The lowest BCUT2D eigenvalue weighted by atomic mass is 10.0. The first kappa shape index (κ1) is 26.0. The van der Waals surface area contributed by atoms with Gasteiger partial charge >= 0.3 is 0 Å². The third-order valence-corrected chi connectivity index (χ3v) is 6.22. The van der Waals surface area contributed by atoms with E-state index < -0.39 is 0 Å². The summed E-state index contributed by atoms with van der Waals surface area (Å²) in [7, 11) is 5.70. The topological polar surface area (TPSA) is 83.1 Å². The molecule has 0 saturated heterocycles. The van der Waals surface area contributed by atoms with E-state index in [1.807, 2.05) is 73.6 Å². The van der Waals surface area contributed by atoms with Gasteiger partial charge in [-0.2, -0.15) is 0 Å². The summed E-state index contributed by atoms with van der Waals surface area (Å²) in [4.78, 5) is 28.8. The molecule has 4 rings (SSSR count). The lowest BCUT2D eigenvalue weighted by Crippen LogP contribution is -2.44. The lowest BCUT2D eigenvalue weighted by molar-refractivity contribution is -0.114. The minimum atomic E-state index is -0.314. The number of carbonyl (C=O) groups excluding carboxylic acids is 2. The van der Waals surface area contributed by atoms with Crippen molar-refractivity contribution in [2.24, 2.45) is 0 Å². The highest BCUT2D eigenvalue weighted by Crippen LogP contribution is 2.35. The van der Waals surface area contributed by atoms with Gasteiger partial charge in [0.25, 0.3) is 5.91 Å². The average Bonchev–Trinajstić information content (AvgIpc) is 2.89. The third-order valence-electron chi connectivity index (χ3n) is 6.22. The fourth-order valence-corrected chi connectivity index (χ4v) is 4.42. The number of hydrogen-bond donors (Lipinski definition) is 2. The Morgan fingerprint density at radius 2 is 1.84 bits per heavy atom. The summed E-state index contributed by atoms with van der Waals surface area (Å²) in [6.45, 7) is 3.27. The average molecular weight is 503 g/mol. The van der Waals surface area contributed by atoms with Gasteiger partial charge in [-0.25, -0.2) is 0 Å². The van der Waals surface area contributed by atoms with Gasteiger partial charge in [-0.05, 0) is 81.2 Å². The zero-order valence-corrected chi connectivity index (χ0v) is 21.8. The van der Waals surface area contributed by atoms with Crippen LogP contribution in [-0.2, 0) is 11.4 Å². The number of anilines is 2. The number of methoxy groups -OCH3 is 1.